The molecular weight excluding hydrogens is 643 g/mol. The van der Waals surface area contributed by atoms with Gasteiger partial charge in [-0.2, -0.15) is 0 Å². The molecule has 3 heterocycles. The number of rotatable bonds is 5. The molecule has 0 aliphatic rings. The molecule has 5 aromatic rings. The second kappa shape index (κ2) is 13.4. The van der Waals surface area contributed by atoms with E-state index in [2.05, 4.69) is 40.9 Å². The average Bonchev–Trinajstić information content (AvgIpc) is 2.98. The van der Waals surface area contributed by atoms with Crippen molar-refractivity contribution in [1.82, 2.24) is 15.0 Å². The van der Waals surface area contributed by atoms with Gasteiger partial charge in [-0.15, -0.1) is 71.3 Å². The molecule has 0 N–H and O–H groups in total. The third-order valence-electron chi connectivity index (χ3n) is 6.20. The Morgan fingerprint density at radius 3 is 2.24 bits per heavy atom. The number of benzene rings is 2. The molecule has 3 nitrogen and oxygen atoms in total. The molecule has 0 saturated heterocycles. The summed E-state index contributed by atoms with van der Waals surface area (Å²) in [6.07, 6.45) is 5.39. The molecule has 0 fully saturated rings. The summed E-state index contributed by atoms with van der Waals surface area (Å²) >= 11 is 0. The predicted molar refractivity (Wildman–Crippen MR) is 152 cm³/mol. The topological polar surface area (TPSA) is 38.7 Å². The van der Waals surface area contributed by atoms with Crippen molar-refractivity contribution >= 4 is 0 Å². The van der Waals surface area contributed by atoms with E-state index < -0.39 is 12.7 Å². The summed E-state index contributed by atoms with van der Waals surface area (Å²) < 4.78 is 30.2. The number of hydrogen-bond donors (Lipinski definition) is 0. The second-order valence-corrected chi connectivity index (χ2v) is 9.47. The van der Waals surface area contributed by atoms with Gasteiger partial charge in [0.1, 0.15) is 0 Å². The largest absolute Gasteiger partial charge is 0.305 e. The van der Waals surface area contributed by atoms with Gasteiger partial charge in [0.15, 0.2) is 0 Å². The van der Waals surface area contributed by atoms with Gasteiger partial charge in [-0.25, -0.2) is 0 Å². The molecule has 0 aliphatic carbocycles. The van der Waals surface area contributed by atoms with Crippen LogP contribution in [0.3, 0.4) is 0 Å². The van der Waals surface area contributed by atoms with Crippen molar-refractivity contribution in [2.45, 2.75) is 45.9 Å². The summed E-state index contributed by atoms with van der Waals surface area (Å²) in [5.41, 5.74) is 6.42. The molecule has 1 radical (unpaired) electrons. The van der Waals surface area contributed by atoms with Crippen LogP contribution in [0.25, 0.3) is 22.5 Å². The number of nitrogens with zero attached hydrogens (tertiary/aromatic N) is 3. The fourth-order valence-electron chi connectivity index (χ4n) is 3.83. The monoisotopic (exact) mass is 680 g/mol. The van der Waals surface area contributed by atoms with Crippen molar-refractivity contribution in [1.29, 1.82) is 0 Å². The number of hydrogen-bond acceptors (Lipinski definition) is 3. The number of pyridine rings is 3. The van der Waals surface area contributed by atoms with Crippen molar-refractivity contribution in [3.05, 3.63) is 138 Å². The van der Waals surface area contributed by atoms with Gasteiger partial charge in [0.25, 0.3) is 0 Å². The summed E-state index contributed by atoms with van der Waals surface area (Å²) in [6.45, 7) is 5.87. The van der Waals surface area contributed by atoms with Crippen LogP contribution in [0.15, 0.2) is 104 Å². The maximum absolute atomic E-state index is 7.99. The fraction of sp³-hybridized carbons (Fsp3) is 0.206. The van der Waals surface area contributed by atoms with E-state index in [1.165, 1.54) is 6.07 Å². The Morgan fingerprint density at radius 1 is 0.816 bits per heavy atom. The normalized spacial score (nSPS) is 12.9. The molecule has 3 aromatic heterocycles. The molecule has 38 heavy (non-hydrogen) atoms. The van der Waals surface area contributed by atoms with Crippen LogP contribution in [-0.4, -0.2) is 15.0 Å². The standard InChI is InChI=1S/C20H19N2.C14H14N.Ir/c1-15-7-9-16(10-8-15)18-12-11-17(14-22-18)20(2,3)19-6-4-5-13-21-19;1-11(2)13-8-9-15-14(10-13)12-6-4-3-5-7-12;/h4-9,11-14H,1-3H3;3-6,8-11H,1-2H3;/q2*-1;/i1D3;11D;. The molecule has 0 atom stereocenters. The summed E-state index contributed by atoms with van der Waals surface area (Å²) in [5.74, 6) is -0.591. The molecule has 2 aromatic carbocycles. The Morgan fingerprint density at radius 2 is 1.63 bits per heavy atom. The van der Waals surface area contributed by atoms with Crippen LogP contribution < -0.4 is 0 Å². The molecule has 0 amide bonds. The van der Waals surface area contributed by atoms with E-state index in [0.29, 0.717) is 0 Å². The van der Waals surface area contributed by atoms with Crippen LogP contribution >= 0.6 is 0 Å². The van der Waals surface area contributed by atoms with Crippen LogP contribution in [0.5, 0.6) is 0 Å². The molecular formula is C34H33IrN3-2. The van der Waals surface area contributed by atoms with E-state index in [9.17, 15) is 0 Å². The molecule has 0 saturated carbocycles. The van der Waals surface area contributed by atoms with Crippen LogP contribution in [-0.2, 0) is 25.5 Å². The van der Waals surface area contributed by atoms with Crippen LogP contribution in [0.2, 0.25) is 0 Å². The predicted octanol–water partition coefficient (Wildman–Crippen LogP) is 8.25. The first-order valence-corrected chi connectivity index (χ1v) is 12.2. The third kappa shape index (κ3) is 7.31. The van der Waals surface area contributed by atoms with Gasteiger partial charge in [-0.3, -0.25) is 4.98 Å². The minimum absolute atomic E-state index is 0. The Labute approximate surface area is 246 Å². The van der Waals surface area contributed by atoms with E-state index in [1.807, 2.05) is 86.8 Å². The fourth-order valence-corrected chi connectivity index (χ4v) is 3.83. The van der Waals surface area contributed by atoms with Gasteiger partial charge >= 0.3 is 0 Å². The SMILES string of the molecule is [2H]C(C)(C)c1ccnc(-c2[c-]cccc2)c1.[2H]C([2H])([2H])c1c[c-]c(-c2ccc(C(C)(C)c3ccccn3)cn2)cc1.[Ir]. The molecule has 195 valence electrons. The van der Waals surface area contributed by atoms with Gasteiger partial charge in [-0.05, 0) is 41.0 Å². The maximum Gasteiger partial charge on any atom is 0.0504 e. The Balaban J connectivity index is 0.000000247. The van der Waals surface area contributed by atoms with Crippen molar-refractivity contribution in [2.24, 2.45) is 0 Å². The van der Waals surface area contributed by atoms with Crippen molar-refractivity contribution in [2.75, 3.05) is 0 Å². The number of aromatic nitrogens is 3. The van der Waals surface area contributed by atoms with Crippen LogP contribution in [0, 0.1) is 19.0 Å². The Hall–Kier alpha value is -3.46. The minimum atomic E-state index is -2.11. The molecule has 0 spiro atoms. The van der Waals surface area contributed by atoms with E-state index in [4.69, 9.17) is 5.48 Å². The summed E-state index contributed by atoms with van der Waals surface area (Å²) in [4.78, 5) is 13.3. The van der Waals surface area contributed by atoms with Gasteiger partial charge in [0.2, 0.25) is 0 Å². The molecule has 0 bridgehead atoms. The number of aryl methyl sites for hydroxylation is 1. The van der Waals surface area contributed by atoms with Gasteiger partial charge in [-0.1, -0.05) is 64.4 Å². The van der Waals surface area contributed by atoms with Gasteiger partial charge < -0.3 is 9.97 Å². The zero-order valence-corrected chi connectivity index (χ0v) is 24.4. The van der Waals surface area contributed by atoms with E-state index >= 15 is 0 Å². The Bertz CT molecular complexity index is 1550. The first kappa shape index (κ1) is 23.6. The van der Waals surface area contributed by atoms with Gasteiger partial charge in [0.05, 0.1) is 5.69 Å². The molecule has 0 aliphatic heterocycles. The Kier molecular flexibility index (Phi) is 8.32. The minimum Gasteiger partial charge on any atom is -0.305 e. The maximum atomic E-state index is 7.99. The average molecular weight is 680 g/mol. The molecule has 0 unspecified atom stereocenters. The first-order valence-electron chi connectivity index (χ1n) is 14.2. The zero-order chi connectivity index (χ0) is 29.7. The van der Waals surface area contributed by atoms with Crippen molar-refractivity contribution in [3.63, 3.8) is 0 Å². The van der Waals surface area contributed by atoms with Gasteiger partial charge in [0, 0.05) is 49.6 Å². The second-order valence-electron chi connectivity index (χ2n) is 9.47. The molecule has 5 rings (SSSR count). The summed E-state index contributed by atoms with van der Waals surface area (Å²) in [5, 5.41) is 0. The third-order valence-corrected chi connectivity index (χ3v) is 6.20. The van der Waals surface area contributed by atoms with E-state index in [-0.39, 0.29) is 31.1 Å². The quantitative estimate of drug-likeness (QED) is 0.176. The van der Waals surface area contributed by atoms with Crippen molar-refractivity contribution in [3.8, 4) is 22.5 Å². The zero-order valence-electron chi connectivity index (χ0n) is 26.0. The van der Waals surface area contributed by atoms with Crippen LogP contribution in [0.1, 0.15) is 61.5 Å². The first-order chi connectivity index (χ1) is 19.4. The molecule has 4 heteroatoms. The van der Waals surface area contributed by atoms with E-state index in [0.717, 1.165) is 39.3 Å². The summed E-state index contributed by atoms with van der Waals surface area (Å²) in [6, 6.07) is 32.5. The summed E-state index contributed by atoms with van der Waals surface area (Å²) in [7, 11) is 0. The smallest absolute Gasteiger partial charge is 0.0504 e. The van der Waals surface area contributed by atoms with E-state index in [1.54, 1.807) is 24.5 Å². The van der Waals surface area contributed by atoms with Crippen molar-refractivity contribution < 1.29 is 25.6 Å². The van der Waals surface area contributed by atoms with Crippen LogP contribution in [0.4, 0.5) is 0 Å².